The Hall–Kier alpha value is -1.78. The first-order chi connectivity index (χ1) is 8.87. The Morgan fingerprint density at radius 2 is 2.05 bits per heavy atom. The summed E-state index contributed by atoms with van der Waals surface area (Å²) in [6.45, 7) is 8.87. The lowest BCUT2D eigenvalue weighted by molar-refractivity contribution is 0.0528. The molecular weight excluding hydrogens is 242 g/mol. The van der Waals surface area contributed by atoms with Crippen LogP contribution in [0.25, 0.3) is 0 Å². The number of alkyl carbamates (subject to hydrolysis) is 1. The Morgan fingerprint density at radius 1 is 1.32 bits per heavy atom. The summed E-state index contributed by atoms with van der Waals surface area (Å²) in [4.78, 5) is 15.6. The van der Waals surface area contributed by atoms with Crippen molar-refractivity contribution in [2.75, 3.05) is 18.4 Å². The fraction of sp³-hybridized carbons (Fsp3) is 0.571. The number of hydrogen-bond acceptors (Lipinski definition) is 4. The van der Waals surface area contributed by atoms with Crippen molar-refractivity contribution in [2.45, 2.75) is 39.7 Å². The van der Waals surface area contributed by atoms with Gasteiger partial charge in [0.25, 0.3) is 0 Å². The van der Waals surface area contributed by atoms with Gasteiger partial charge in [-0.2, -0.15) is 0 Å². The topological polar surface area (TPSA) is 63.2 Å². The predicted octanol–water partition coefficient (Wildman–Crippen LogP) is 2.72. The molecule has 1 amide bonds. The van der Waals surface area contributed by atoms with Gasteiger partial charge in [-0.25, -0.2) is 9.78 Å². The van der Waals surface area contributed by atoms with Crippen LogP contribution in [0.4, 0.5) is 10.6 Å². The van der Waals surface area contributed by atoms with E-state index < -0.39 is 5.60 Å². The van der Waals surface area contributed by atoms with Crippen LogP contribution in [0.1, 0.15) is 32.8 Å². The average molecular weight is 265 g/mol. The van der Waals surface area contributed by atoms with Crippen LogP contribution in [0.5, 0.6) is 0 Å². The first-order valence-electron chi connectivity index (χ1n) is 6.50. The Kier molecular flexibility index (Phi) is 5.60. The summed E-state index contributed by atoms with van der Waals surface area (Å²) in [7, 11) is 0. The molecule has 5 nitrogen and oxygen atoms in total. The van der Waals surface area contributed by atoms with E-state index in [1.165, 1.54) is 0 Å². The van der Waals surface area contributed by atoms with E-state index in [1.54, 1.807) is 0 Å². The lowest BCUT2D eigenvalue weighted by Crippen LogP contribution is -2.33. The summed E-state index contributed by atoms with van der Waals surface area (Å²) in [6, 6.07) is 3.95. The first-order valence-corrected chi connectivity index (χ1v) is 6.50. The quantitative estimate of drug-likeness (QED) is 0.803. The van der Waals surface area contributed by atoms with Crippen molar-refractivity contribution in [1.82, 2.24) is 10.3 Å². The highest BCUT2D eigenvalue weighted by molar-refractivity contribution is 5.67. The van der Waals surface area contributed by atoms with Gasteiger partial charge in [-0.15, -0.1) is 0 Å². The molecule has 0 aliphatic heterocycles. The summed E-state index contributed by atoms with van der Waals surface area (Å²) in [5.41, 5.74) is 0.686. The molecule has 106 valence electrons. The molecule has 0 atom stereocenters. The maximum atomic E-state index is 11.4. The van der Waals surface area contributed by atoms with Crippen LogP contribution in [0.15, 0.2) is 18.3 Å². The van der Waals surface area contributed by atoms with Crippen molar-refractivity contribution >= 4 is 11.9 Å². The van der Waals surface area contributed by atoms with Gasteiger partial charge in [0.2, 0.25) is 0 Å². The molecule has 0 spiro atoms. The minimum Gasteiger partial charge on any atom is -0.444 e. The summed E-state index contributed by atoms with van der Waals surface area (Å²) in [5.74, 6) is 0.850. The van der Waals surface area contributed by atoms with Crippen molar-refractivity contribution < 1.29 is 9.53 Å². The van der Waals surface area contributed by atoms with Crippen LogP contribution in [0.2, 0.25) is 0 Å². The minimum atomic E-state index is -0.450. The van der Waals surface area contributed by atoms with Crippen molar-refractivity contribution in [3.8, 4) is 0 Å². The largest absolute Gasteiger partial charge is 0.444 e. The second kappa shape index (κ2) is 6.97. The Labute approximate surface area is 114 Å². The first kappa shape index (κ1) is 15.3. The molecular formula is C14H23N3O2. The summed E-state index contributed by atoms with van der Waals surface area (Å²) in [5, 5.41) is 5.90. The maximum Gasteiger partial charge on any atom is 0.407 e. The van der Waals surface area contributed by atoms with E-state index in [4.69, 9.17) is 4.74 Å². The maximum absolute atomic E-state index is 11.4. The normalized spacial score (nSPS) is 10.9. The number of aromatic nitrogens is 1. The third kappa shape index (κ3) is 7.28. The van der Waals surface area contributed by atoms with Gasteiger partial charge in [-0.1, -0.05) is 6.07 Å². The van der Waals surface area contributed by atoms with E-state index in [9.17, 15) is 4.79 Å². The van der Waals surface area contributed by atoms with Gasteiger partial charge in [0.05, 0.1) is 0 Å². The number of anilines is 1. The van der Waals surface area contributed by atoms with Crippen LogP contribution in [0, 0.1) is 6.92 Å². The van der Waals surface area contributed by atoms with Crippen molar-refractivity contribution in [3.05, 3.63) is 23.9 Å². The minimum absolute atomic E-state index is 0.374. The van der Waals surface area contributed by atoms with E-state index in [2.05, 4.69) is 15.6 Å². The van der Waals surface area contributed by atoms with Crippen LogP contribution in [0.3, 0.4) is 0 Å². The predicted molar refractivity (Wildman–Crippen MR) is 76.3 cm³/mol. The molecule has 1 heterocycles. The van der Waals surface area contributed by atoms with E-state index >= 15 is 0 Å². The molecule has 5 heteroatoms. The summed E-state index contributed by atoms with van der Waals surface area (Å²) in [6.07, 6.45) is 2.26. The number of ether oxygens (including phenoxy) is 1. The van der Waals surface area contributed by atoms with E-state index in [1.807, 2.05) is 46.0 Å². The van der Waals surface area contributed by atoms with Crippen molar-refractivity contribution in [2.24, 2.45) is 0 Å². The fourth-order valence-electron chi connectivity index (χ4n) is 1.38. The molecule has 0 aromatic carbocycles. The molecule has 0 aliphatic carbocycles. The molecule has 1 rings (SSSR count). The number of hydrogen-bond donors (Lipinski definition) is 2. The van der Waals surface area contributed by atoms with Gasteiger partial charge in [-0.05, 0) is 45.7 Å². The molecule has 0 aliphatic rings. The number of nitrogens with zero attached hydrogens (tertiary/aromatic N) is 1. The standard InChI is InChI=1S/C14H23N3O2/c1-11-6-7-12(17-10-11)15-8-5-9-16-13(18)19-14(2,3)4/h6-7,10H,5,8-9H2,1-4H3,(H,15,17)(H,16,18). The van der Waals surface area contributed by atoms with Gasteiger partial charge in [-0.3, -0.25) is 0 Å². The monoisotopic (exact) mass is 265 g/mol. The molecule has 0 unspecified atom stereocenters. The lowest BCUT2D eigenvalue weighted by Gasteiger charge is -2.19. The molecule has 0 saturated heterocycles. The summed E-state index contributed by atoms with van der Waals surface area (Å²) >= 11 is 0. The molecule has 1 aromatic heterocycles. The molecule has 2 N–H and O–H groups in total. The Bertz CT molecular complexity index is 396. The van der Waals surface area contributed by atoms with Crippen LogP contribution >= 0.6 is 0 Å². The average Bonchev–Trinajstić information content (AvgIpc) is 2.29. The molecule has 19 heavy (non-hydrogen) atoms. The van der Waals surface area contributed by atoms with Gasteiger partial charge in [0.1, 0.15) is 11.4 Å². The van der Waals surface area contributed by atoms with Crippen molar-refractivity contribution in [3.63, 3.8) is 0 Å². The summed E-state index contributed by atoms with van der Waals surface area (Å²) < 4.78 is 5.13. The molecule has 1 aromatic rings. The SMILES string of the molecule is Cc1ccc(NCCCNC(=O)OC(C)(C)C)nc1. The highest BCUT2D eigenvalue weighted by atomic mass is 16.6. The van der Waals surface area contributed by atoms with Crippen LogP contribution < -0.4 is 10.6 Å². The highest BCUT2D eigenvalue weighted by Crippen LogP contribution is 2.06. The van der Waals surface area contributed by atoms with Gasteiger partial charge in [0.15, 0.2) is 0 Å². The second-order valence-electron chi connectivity index (χ2n) is 5.43. The zero-order valence-electron chi connectivity index (χ0n) is 12.1. The number of amides is 1. The van der Waals surface area contributed by atoms with E-state index in [0.29, 0.717) is 6.54 Å². The lowest BCUT2D eigenvalue weighted by atomic mass is 10.2. The molecule has 0 radical (unpaired) electrons. The van der Waals surface area contributed by atoms with Gasteiger partial charge >= 0.3 is 6.09 Å². The van der Waals surface area contributed by atoms with Crippen molar-refractivity contribution in [1.29, 1.82) is 0 Å². The molecule has 0 saturated carbocycles. The molecule has 0 bridgehead atoms. The van der Waals surface area contributed by atoms with E-state index in [-0.39, 0.29) is 6.09 Å². The number of rotatable bonds is 5. The van der Waals surface area contributed by atoms with Gasteiger partial charge < -0.3 is 15.4 Å². The zero-order valence-corrected chi connectivity index (χ0v) is 12.1. The fourth-order valence-corrected chi connectivity index (χ4v) is 1.38. The number of aryl methyl sites for hydroxylation is 1. The van der Waals surface area contributed by atoms with E-state index in [0.717, 1.165) is 24.3 Å². The molecule has 0 fully saturated rings. The second-order valence-corrected chi connectivity index (χ2v) is 5.43. The number of carbonyl (C=O) groups excluding carboxylic acids is 1. The third-order valence-corrected chi connectivity index (χ3v) is 2.24. The number of nitrogens with one attached hydrogen (secondary N) is 2. The van der Waals surface area contributed by atoms with Crippen LogP contribution in [-0.4, -0.2) is 29.8 Å². The number of carbonyl (C=O) groups is 1. The third-order valence-electron chi connectivity index (χ3n) is 2.24. The Balaban J connectivity index is 2.11. The smallest absolute Gasteiger partial charge is 0.407 e. The van der Waals surface area contributed by atoms with Crippen LogP contribution in [-0.2, 0) is 4.74 Å². The van der Waals surface area contributed by atoms with Gasteiger partial charge in [0, 0.05) is 19.3 Å². The Morgan fingerprint density at radius 3 is 2.63 bits per heavy atom. The highest BCUT2D eigenvalue weighted by Gasteiger charge is 2.15. The number of pyridine rings is 1. The zero-order chi connectivity index (χ0) is 14.3.